The van der Waals surface area contributed by atoms with Gasteiger partial charge >= 0.3 is 0 Å². The Kier molecular flexibility index (Phi) is 7.21. The third-order valence-electron chi connectivity index (χ3n) is 3.46. The van der Waals surface area contributed by atoms with Crippen molar-refractivity contribution in [3.8, 4) is 0 Å². The first kappa shape index (κ1) is 14.5. The fourth-order valence-corrected chi connectivity index (χ4v) is 2.47. The van der Waals surface area contributed by atoms with Crippen molar-refractivity contribution in [2.24, 2.45) is 5.73 Å². The maximum Gasteiger partial charge on any atom is 0.234 e. The molecular weight excluding hydrogens is 214 g/mol. The van der Waals surface area contributed by atoms with Crippen LogP contribution in [0.25, 0.3) is 0 Å². The van der Waals surface area contributed by atoms with Gasteiger partial charge in [-0.25, -0.2) is 0 Å². The number of hydrogen-bond donors (Lipinski definition) is 2. The number of rotatable bonds is 8. The molecule has 4 nitrogen and oxygen atoms in total. The van der Waals surface area contributed by atoms with Crippen LogP contribution in [0.1, 0.15) is 45.4 Å². The lowest BCUT2D eigenvalue weighted by Gasteiger charge is -2.27. The summed E-state index contributed by atoms with van der Waals surface area (Å²) in [5, 5.41) is 2.97. The summed E-state index contributed by atoms with van der Waals surface area (Å²) in [6.07, 6.45) is 7.22. The molecule has 1 amide bonds. The second-order valence-corrected chi connectivity index (χ2v) is 4.90. The van der Waals surface area contributed by atoms with E-state index < -0.39 is 0 Å². The molecule has 1 saturated carbocycles. The van der Waals surface area contributed by atoms with E-state index in [1.54, 1.807) is 0 Å². The SMILES string of the molecule is CCCCNC(=O)CN(CCN)C1CCCC1. The van der Waals surface area contributed by atoms with Gasteiger partial charge in [0.15, 0.2) is 0 Å². The van der Waals surface area contributed by atoms with E-state index in [0.717, 1.165) is 25.9 Å². The van der Waals surface area contributed by atoms with Crippen molar-refractivity contribution >= 4 is 5.91 Å². The largest absolute Gasteiger partial charge is 0.355 e. The minimum atomic E-state index is 0.152. The maximum absolute atomic E-state index is 11.8. The van der Waals surface area contributed by atoms with Gasteiger partial charge in [-0.15, -0.1) is 0 Å². The van der Waals surface area contributed by atoms with Gasteiger partial charge in [0.05, 0.1) is 6.54 Å². The standard InChI is InChI=1S/C13H27N3O/c1-2-3-9-15-13(17)11-16(10-8-14)12-6-4-5-7-12/h12H,2-11,14H2,1H3,(H,15,17). The van der Waals surface area contributed by atoms with Crippen molar-refractivity contribution in [1.82, 2.24) is 10.2 Å². The summed E-state index contributed by atoms with van der Waals surface area (Å²) >= 11 is 0. The van der Waals surface area contributed by atoms with E-state index in [0.29, 0.717) is 19.1 Å². The molecule has 17 heavy (non-hydrogen) atoms. The van der Waals surface area contributed by atoms with Crippen molar-refractivity contribution in [1.29, 1.82) is 0 Å². The number of nitrogens with one attached hydrogen (secondary N) is 1. The van der Waals surface area contributed by atoms with Crippen molar-refractivity contribution in [3.05, 3.63) is 0 Å². The molecule has 0 saturated heterocycles. The van der Waals surface area contributed by atoms with Gasteiger partial charge in [-0.05, 0) is 19.3 Å². The topological polar surface area (TPSA) is 58.4 Å². The smallest absolute Gasteiger partial charge is 0.234 e. The van der Waals surface area contributed by atoms with Gasteiger partial charge in [-0.2, -0.15) is 0 Å². The molecule has 0 heterocycles. The number of carbonyl (C=O) groups excluding carboxylic acids is 1. The predicted molar refractivity (Wildman–Crippen MR) is 70.8 cm³/mol. The van der Waals surface area contributed by atoms with Crippen LogP contribution >= 0.6 is 0 Å². The Balaban J connectivity index is 2.29. The third kappa shape index (κ3) is 5.50. The Bertz CT molecular complexity index is 215. The zero-order chi connectivity index (χ0) is 12.5. The van der Waals surface area contributed by atoms with E-state index >= 15 is 0 Å². The number of amides is 1. The predicted octanol–water partition coefficient (Wildman–Crippen LogP) is 1.11. The zero-order valence-corrected chi connectivity index (χ0v) is 11.1. The lowest BCUT2D eigenvalue weighted by molar-refractivity contribution is -0.122. The molecule has 1 aliphatic carbocycles. The van der Waals surface area contributed by atoms with Crippen molar-refractivity contribution in [2.45, 2.75) is 51.5 Å². The van der Waals surface area contributed by atoms with Crippen LogP contribution in [0.15, 0.2) is 0 Å². The Morgan fingerprint density at radius 1 is 1.41 bits per heavy atom. The molecule has 4 heteroatoms. The molecule has 0 radical (unpaired) electrons. The van der Waals surface area contributed by atoms with Gasteiger partial charge in [0.2, 0.25) is 5.91 Å². The van der Waals surface area contributed by atoms with Gasteiger partial charge < -0.3 is 11.1 Å². The Hall–Kier alpha value is -0.610. The first-order valence-electron chi connectivity index (χ1n) is 6.98. The molecule has 0 aromatic carbocycles. The van der Waals surface area contributed by atoms with Crippen LogP contribution < -0.4 is 11.1 Å². The van der Waals surface area contributed by atoms with Crippen LogP contribution in [0.2, 0.25) is 0 Å². The quantitative estimate of drug-likeness (QED) is 0.626. The van der Waals surface area contributed by atoms with Crippen LogP contribution in [0.3, 0.4) is 0 Å². The van der Waals surface area contributed by atoms with Gasteiger partial charge in [0, 0.05) is 25.7 Å². The Labute approximate surface area is 105 Å². The molecule has 0 bridgehead atoms. The molecule has 1 fully saturated rings. The Morgan fingerprint density at radius 2 is 2.12 bits per heavy atom. The number of carbonyl (C=O) groups is 1. The van der Waals surface area contributed by atoms with Crippen molar-refractivity contribution < 1.29 is 4.79 Å². The normalized spacial score (nSPS) is 16.6. The minimum Gasteiger partial charge on any atom is -0.355 e. The zero-order valence-electron chi connectivity index (χ0n) is 11.1. The molecule has 0 atom stereocenters. The van der Waals surface area contributed by atoms with E-state index in [1.807, 2.05) is 0 Å². The fraction of sp³-hybridized carbons (Fsp3) is 0.923. The summed E-state index contributed by atoms with van der Waals surface area (Å²) in [6, 6.07) is 0.579. The van der Waals surface area contributed by atoms with E-state index in [4.69, 9.17) is 5.73 Å². The summed E-state index contributed by atoms with van der Waals surface area (Å²) in [5.74, 6) is 0.152. The summed E-state index contributed by atoms with van der Waals surface area (Å²) < 4.78 is 0. The van der Waals surface area contributed by atoms with E-state index in [1.165, 1.54) is 25.7 Å². The molecular formula is C13H27N3O. The van der Waals surface area contributed by atoms with Crippen molar-refractivity contribution in [3.63, 3.8) is 0 Å². The van der Waals surface area contributed by atoms with Gasteiger partial charge in [0.1, 0.15) is 0 Å². The number of nitrogens with zero attached hydrogens (tertiary/aromatic N) is 1. The van der Waals surface area contributed by atoms with E-state index in [-0.39, 0.29) is 5.91 Å². The second kappa shape index (κ2) is 8.48. The molecule has 0 aliphatic heterocycles. The number of unbranched alkanes of at least 4 members (excludes halogenated alkanes) is 1. The van der Waals surface area contributed by atoms with Crippen LogP contribution in [-0.2, 0) is 4.79 Å². The molecule has 1 aliphatic rings. The third-order valence-corrected chi connectivity index (χ3v) is 3.46. The molecule has 1 rings (SSSR count). The highest BCUT2D eigenvalue weighted by Crippen LogP contribution is 2.22. The van der Waals surface area contributed by atoms with Crippen molar-refractivity contribution in [2.75, 3.05) is 26.2 Å². The highest BCUT2D eigenvalue weighted by molar-refractivity contribution is 5.78. The second-order valence-electron chi connectivity index (χ2n) is 4.90. The summed E-state index contributed by atoms with van der Waals surface area (Å²) in [5.41, 5.74) is 5.62. The van der Waals surface area contributed by atoms with Crippen LogP contribution in [-0.4, -0.2) is 43.0 Å². The molecule has 0 aromatic rings. The highest BCUT2D eigenvalue weighted by atomic mass is 16.2. The van der Waals surface area contributed by atoms with E-state index in [2.05, 4.69) is 17.1 Å². The molecule has 0 aromatic heterocycles. The van der Waals surface area contributed by atoms with Gasteiger partial charge in [-0.1, -0.05) is 26.2 Å². The van der Waals surface area contributed by atoms with E-state index in [9.17, 15) is 4.79 Å². The molecule has 100 valence electrons. The average Bonchev–Trinajstić information content (AvgIpc) is 2.82. The first-order chi connectivity index (χ1) is 8.27. The summed E-state index contributed by atoms with van der Waals surface area (Å²) in [7, 11) is 0. The summed E-state index contributed by atoms with van der Waals surface area (Å²) in [4.78, 5) is 14.0. The van der Waals surface area contributed by atoms with Crippen LogP contribution in [0, 0.1) is 0 Å². The first-order valence-corrected chi connectivity index (χ1v) is 6.98. The molecule has 0 unspecified atom stereocenters. The average molecular weight is 241 g/mol. The number of hydrogen-bond acceptors (Lipinski definition) is 3. The van der Waals surface area contributed by atoms with Gasteiger partial charge in [-0.3, -0.25) is 9.69 Å². The lowest BCUT2D eigenvalue weighted by Crippen LogP contribution is -2.44. The maximum atomic E-state index is 11.8. The lowest BCUT2D eigenvalue weighted by atomic mass is 10.2. The summed E-state index contributed by atoms with van der Waals surface area (Å²) in [6.45, 7) is 4.93. The van der Waals surface area contributed by atoms with Crippen LogP contribution in [0.5, 0.6) is 0 Å². The monoisotopic (exact) mass is 241 g/mol. The highest BCUT2D eigenvalue weighted by Gasteiger charge is 2.23. The van der Waals surface area contributed by atoms with Crippen LogP contribution in [0.4, 0.5) is 0 Å². The number of nitrogens with two attached hydrogens (primary N) is 1. The Morgan fingerprint density at radius 3 is 2.71 bits per heavy atom. The fourth-order valence-electron chi connectivity index (χ4n) is 2.47. The molecule has 3 N–H and O–H groups in total. The van der Waals surface area contributed by atoms with Gasteiger partial charge in [0.25, 0.3) is 0 Å². The minimum absolute atomic E-state index is 0.152. The molecule has 0 spiro atoms.